The van der Waals surface area contributed by atoms with Crippen LogP contribution >= 0.6 is 0 Å². The number of nitrogens with zero attached hydrogens (tertiary/aromatic N) is 4. The van der Waals surface area contributed by atoms with E-state index in [0.717, 1.165) is 11.4 Å². The Morgan fingerprint density at radius 3 is 2.35 bits per heavy atom. The molecule has 0 amide bonds. The number of non-ortho nitro benzene ring substituents is 1. The van der Waals surface area contributed by atoms with Gasteiger partial charge in [-0.05, 0) is 19.1 Å². The molecular weight excluding hydrogens is 404 g/mol. The van der Waals surface area contributed by atoms with E-state index in [0.29, 0.717) is 64.2 Å². The summed E-state index contributed by atoms with van der Waals surface area (Å²) in [6.07, 6.45) is 0. The van der Waals surface area contributed by atoms with Crippen molar-refractivity contribution in [1.82, 2.24) is 4.98 Å². The highest BCUT2D eigenvalue weighted by atomic mass is 16.6. The number of aromatic hydroxyl groups is 1. The maximum Gasteiger partial charge on any atom is 0.269 e. The molecule has 1 N–H and O–H groups in total. The van der Waals surface area contributed by atoms with E-state index in [1.807, 2.05) is 11.8 Å². The van der Waals surface area contributed by atoms with Crippen molar-refractivity contribution < 1.29 is 24.2 Å². The maximum absolute atomic E-state index is 10.8. The SMILES string of the molecule is COCCOCCOc1cc(C)nc(N2CCN(c3ccc([N+](=O)[O-])cc3)CC2)c1O. The lowest BCUT2D eigenvalue weighted by molar-refractivity contribution is -0.384. The van der Waals surface area contributed by atoms with E-state index in [4.69, 9.17) is 14.2 Å². The van der Waals surface area contributed by atoms with E-state index in [9.17, 15) is 15.2 Å². The fourth-order valence-electron chi connectivity index (χ4n) is 3.37. The van der Waals surface area contributed by atoms with Crippen LogP contribution in [0.2, 0.25) is 0 Å². The van der Waals surface area contributed by atoms with Gasteiger partial charge in [-0.25, -0.2) is 4.98 Å². The molecule has 0 unspecified atom stereocenters. The van der Waals surface area contributed by atoms with E-state index in [1.54, 1.807) is 25.3 Å². The number of aromatic nitrogens is 1. The zero-order chi connectivity index (χ0) is 22.2. The zero-order valence-electron chi connectivity index (χ0n) is 17.8. The Labute approximate surface area is 181 Å². The Bertz CT molecular complexity index is 869. The number of methoxy groups -OCH3 is 1. The second-order valence-electron chi connectivity index (χ2n) is 7.14. The molecule has 1 fully saturated rings. The Morgan fingerprint density at radius 1 is 1.06 bits per heavy atom. The number of rotatable bonds is 10. The van der Waals surface area contributed by atoms with Gasteiger partial charge in [0.1, 0.15) is 6.61 Å². The molecule has 0 spiro atoms. The lowest BCUT2D eigenvalue weighted by Crippen LogP contribution is -2.46. The molecule has 1 aromatic heterocycles. The van der Waals surface area contributed by atoms with Crippen LogP contribution in [-0.2, 0) is 9.47 Å². The highest BCUT2D eigenvalue weighted by Gasteiger charge is 2.23. The van der Waals surface area contributed by atoms with Gasteiger partial charge in [0.2, 0.25) is 5.75 Å². The molecule has 10 nitrogen and oxygen atoms in total. The van der Waals surface area contributed by atoms with Crippen molar-refractivity contribution in [3.63, 3.8) is 0 Å². The second kappa shape index (κ2) is 10.8. The number of hydrogen-bond acceptors (Lipinski definition) is 9. The number of nitro groups is 1. The van der Waals surface area contributed by atoms with E-state index in [-0.39, 0.29) is 11.4 Å². The van der Waals surface area contributed by atoms with Gasteiger partial charge in [0.15, 0.2) is 11.6 Å². The highest BCUT2D eigenvalue weighted by Crippen LogP contribution is 2.36. The molecule has 0 aliphatic carbocycles. The summed E-state index contributed by atoms with van der Waals surface area (Å²) in [5, 5.41) is 21.5. The molecule has 0 radical (unpaired) electrons. The Morgan fingerprint density at radius 2 is 1.71 bits per heavy atom. The molecular formula is C21H28N4O6. The molecule has 3 rings (SSSR count). The van der Waals surface area contributed by atoms with Gasteiger partial charge in [-0.2, -0.15) is 0 Å². The summed E-state index contributed by atoms with van der Waals surface area (Å²) in [5.41, 5.74) is 1.76. The van der Waals surface area contributed by atoms with Gasteiger partial charge >= 0.3 is 0 Å². The molecule has 1 aliphatic heterocycles. The molecule has 0 saturated carbocycles. The summed E-state index contributed by atoms with van der Waals surface area (Å²) in [6, 6.07) is 8.26. The highest BCUT2D eigenvalue weighted by molar-refractivity contribution is 5.61. The number of ether oxygens (including phenoxy) is 3. The van der Waals surface area contributed by atoms with Crippen LogP contribution in [0.3, 0.4) is 0 Å². The number of pyridine rings is 1. The molecule has 1 aromatic carbocycles. The van der Waals surface area contributed by atoms with E-state index >= 15 is 0 Å². The molecule has 1 saturated heterocycles. The Balaban J connectivity index is 1.59. The number of benzene rings is 1. The van der Waals surface area contributed by atoms with Crippen LogP contribution in [0.25, 0.3) is 0 Å². The first kappa shape index (κ1) is 22.6. The van der Waals surface area contributed by atoms with Gasteiger partial charge in [0, 0.05) is 62.9 Å². The van der Waals surface area contributed by atoms with Crippen molar-refractivity contribution in [2.24, 2.45) is 0 Å². The zero-order valence-corrected chi connectivity index (χ0v) is 17.8. The fraction of sp³-hybridized carbons (Fsp3) is 0.476. The van der Waals surface area contributed by atoms with Crippen LogP contribution in [0.4, 0.5) is 17.2 Å². The first-order valence-corrected chi connectivity index (χ1v) is 10.1. The number of anilines is 2. The fourth-order valence-corrected chi connectivity index (χ4v) is 3.37. The van der Waals surface area contributed by atoms with Crippen LogP contribution in [0.15, 0.2) is 30.3 Å². The molecule has 2 aromatic rings. The third kappa shape index (κ3) is 5.96. The quantitative estimate of drug-likeness (QED) is 0.344. The van der Waals surface area contributed by atoms with E-state index in [2.05, 4.69) is 9.88 Å². The number of hydrogen-bond donors (Lipinski definition) is 1. The van der Waals surface area contributed by atoms with Crippen molar-refractivity contribution in [1.29, 1.82) is 0 Å². The minimum atomic E-state index is -0.403. The summed E-state index contributed by atoms with van der Waals surface area (Å²) < 4.78 is 16.0. The van der Waals surface area contributed by atoms with Gasteiger partial charge in [-0.1, -0.05) is 0 Å². The summed E-state index contributed by atoms with van der Waals surface area (Å²) in [5.74, 6) is 0.903. The van der Waals surface area contributed by atoms with Crippen LogP contribution in [0, 0.1) is 17.0 Å². The molecule has 0 bridgehead atoms. The van der Waals surface area contributed by atoms with Gasteiger partial charge in [0.05, 0.1) is 24.7 Å². The van der Waals surface area contributed by atoms with Gasteiger partial charge in [-0.15, -0.1) is 0 Å². The topological polar surface area (TPSA) is 110 Å². The van der Waals surface area contributed by atoms with Crippen LogP contribution in [-0.4, -0.2) is 74.7 Å². The van der Waals surface area contributed by atoms with E-state index < -0.39 is 4.92 Å². The van der Waals surface area contributed by atoms with Crippen molar-refractivity contribution in [3.8, 4) is 11.5 Å². The predicted molar refractivity (Wildman–Crippen MR) is 116 cm³/mol. The molecule has 0 atom stereocenters. The average molecular weight is 432 g/mol. The average Bonchev–Trinajstić information content (AvgIpc) is 2.78. The van der Waals surface area contributed by atoms with E-state index in [1.165, 1.54) is 12.1 Å². The minimum absolute atomic E-state index is 0.0197. The lowest BCUT2D eigenvalue weighted by atomic mass is 10.2. The van der Waals surface area contributed by atoms with Crippen molar-refractivity contribution >= 4 is 17.2 Å². The molecule has 2 heterocycles. The van der Waals surface area contributed by atoms with Gasteiger partial charge in [-0.3, -0.25) is 10.1 Å². The maximum atomic E-state index is 10.8. The summed E-state index contributed by atoms with van der Waals surface area (Å²) in [6.45, 7) is 6.30. The molecule has 1 aliphatic rings. The Kier molecular flexibility index (Phi) is 7.85. The Hall–Kier alpha value is -3.11. The summed E-state index contributed by atoms with van der Waals surface area (Å²) >= 11 is 0. The minimum Gasteiger partial charge on any atom is -0.502 e. The molecule has 10 heteroatoms. The number of aryl methyl sites for hydroxylation is 1. The number of piperazine rings is 1. The monoisotopic (exact) mass is 432 g/mol. The normalized spacial score (nSPS) is 14.0. The molecule has 31 heavy (non-hydrogen) atoms. The van der Waals surface area contributed by atoms with Gasteiger partial charge in [0.25, 0.3) is 5.69 Å². The summed E-state index contributed by atoms with van der Waals surface area (Å²) in [7, 11) is 1.62. The van der Waals surface area contributed by atoms with Crippen LogP contribution in [0.5, 0.6) is 11.5 Å². The van der Waals surface area contributed by atoms with Crippen molar-refractivity contribution in [2.45, 2.75) is 6.92 Å². The smallest absolute Gasteiger partial charge is 0.269 e. The second-order valence-corrected chi connectivity index (χ2v) is 7.14. The summed E-state index contributed by atoms with van der Waals surface area (Å²) in [4.78, 5) is 19.1. The van der Waals surface area contributed by atoms with Crippen LogP contribution < -0.4 is 14.5 Å². The van der Waals surface area contributed by atoms with Gasteiger partial charge < -0.3 is 29.1 Å². The third-order valence-electron chi connectivity index (χ3n) is 4.99. The molecule has 168 valence electrons. The standard InChI is InChI=1S/C21H28N4O6/c1-16-15-19(31-14-13-30-12-11-29-2)20(26)21(22-16)24-9-7-23(8-10-24)17-3-5-18(6-4-17)25(27)28/h3-6,15,26H,7-14H2,1-2H3. The largest absolute Gasteiger partial charge is 0.502 e. The van der Waals surface area contributed by atoms with Crippen molar-refractivity contribution in [3.05, 3.63) is 46.1 Å². The van der Waals surface area contributed by atoms with Crippen LogP contribution in [0.1, 0.15) is 5.69 Å². The predicted octanol–water partition coefficient (Wildman–Crippen LogP) is 2.37. The lowest BCUT2D eigenvalue weighted by Gasteiger charge is -2.37. The number of nitro benzene ring substituents is 1. The van der Waals surface area contributed by atoms with Crippen molar-refractivity contribution in [2.75, 3.05) is 69.5 Å². The first-order chi connectivity index (χ1) is 15.0. The third-order valence-corrected chi connectivity index (χ3v) is 4.99. The first-order valence-electron chi connectivity index (χ1n) is 10.1.